The number of anilines is 1. The van der Waals surface area contributed by atoms with Crippen molar-refractivity contribution in [2.75, 3.05) is 31.6 Å². The molecule has 156 valence electrons. The highest BCUT2D eigenvalue weighted by molar-refractivity contribution is 6.07. The van der Waals surface area contributed by atoms with Crippen molar-refractivity contribution in [3.8, 4) is 11.3 Å². The molecule has 3 aromatic carbocycles. The summed E-state index contributed by atoms with van der Waals surface area (Å²) in [6.45, 7) is 4.38. The van der Waals surface area contributed by atoms with Crippen LogP contribution in [0.5, 0.6) is 0 Å². The Hall–Kier alpha value is -3.48. The van der Waals surface area contributed by atoms with Crippen LogP contribution < -0.4 is 5.32 Å². The molecule has 5 rings (SSSR count). The summed E-state index contributed by atoms with van der Waals surface area (Å²) < 4.78 is 10.9. The largest absolute Gasteiger partial charge is 0.379 e. The Morgan fingerprint density at radius 2 is 1.74 bits per heavy atom. The zero-order chi connectivity index (χ0) is 21.0. The molecule has 0 saturated carbocycles. The van der Waals surface area contributed by atoms with Crippen molar-refractivity contribution in [3.05, 3.63) is 83.9 Å². The van der Waals surface area contributed by atoms with Crippen molar-refractivity contribution in [1.29, 1.82) is 0 Å². The van der Waals surface area contributed by atoms with E-state index < -0.39 is 0 Å². The first kappa shape index (κ1) is 19.5. The first-order valence-electron chi connectivity index (χ1n) is 10.4. The minimum absolute atomic E-state index is 0.164. The summed E-state index contributed by atoms with van der Waals surface area (Å²) in [4.78, 5) is 15.2. The van der Waals surface area contributed by atoms with Gasteiger partial charge in [-0.1, -0.05) is 47.6 Å². The summed E-state index contributed by atoms with van der Waals surface area (Å²) in [7, 11) is 0. The third kappa shape index (κ3) is 4.35. The van der Waals surface area contributed by atoms with E-state index in [0.717, 1.165) is 55.0 Å². The lowest BCUT2D eigenvalue weighted by molar-refractivity contribution is 0.0342. The average molecular weight is 413 g/mol. The van der Waals surface area contributed by atoms with Gasteiger partial charge < -0.3 is 14.6 Å². The topological polar surface area (TPSA) is 67.6 Å². The summed E-state index contributed by atoms with van der Waals surface area (Å²) in [5, 5.41) is 7.92. The van der Waals surface area contributed by atoms with Gasteiger partial charge >= 0.3 is 0 Å². The second-order valence-corrected chi connectivity index (χ2v) is 7.65. The zero-order valence-corrected chi connectivity index (χ0v) is 17.1. The van der Waals surface area contributed by atoms with E-state index >= 15 is 0 Å². The van der Waals surface area contributed by atoms with E-state index in [2.05, 4.69) is 27.5 Å². The number of aromatic nitrogens is 1. The summed E-state index contributed by atoms with van der Waals surface area (Å²) in [5.74, 6) is 0.501. The van der Waals surface area contributed by atoms with Gasteiger partial charge in [0.15, 0.2) is 5.76 Å². The number of rotatable bonds is 5. The molecule has 0 aliphatic carbocycles. The van der Waals surface area contributed by atoms with Crippen LogP contribution in [0.25, 0.3) is 22.2 Å². The third-order valence-corrected chi connectivity index (χ3v) is 5.50. The Balaban J connectivity index is 1.31. The van der Waals surface area contributed by atoms with Gasteiger partial charge in [0, 0.05) is 36.4 Å². The normalized spacial score (nSPS) is 14.6. The van der Waals surface area contributed by atoms with Crippen molar-refractivity contribution in [2.24, 2.45) is 0 Å². The fraction of sp³-hybridized carbons (Fsp3) is 0.200. The van der Waals surface area contributed by atoms with Crippen LogP contribution in [-0.2, 0) is 11.3 Å². The minimum atomic E-state index is -0.164. The van der Waals surface area contributed by atoms with Gasteiger partial charge in [-0.2, -0.15) is 0 Å². The minimum Gasteiger partial charge on any atom is -0.379 e. The summed E-state index contributed by atoms with van der Waals surface area (Å²) in [6, 6.07) is 23.2. The highest BCUT2D eigenvalue weighted by Crippen LogP contribution is 2.29. The van der Waals surface area contributed by atoms with E-state index in [1.54, 1.807) is 6.07 Å². The molecule has 31 heavy (non-hydrogen) atoms. The Kier molecular flexibility index (Phi) is 5.48. The Labute approximate surface area is 180 Å². The van der Waals surface area contributed by atoms with Crippen LogP contribution in [0.3, 0.4) is 0 Å². The summed E-state index contributed by atoms with van der Waals surface area (Å²) >= 11 is 0. The summed E-state index contributed by atoms with van der Waals surface area (Å²) in [5.41, 5.74) is 4.20. The van der Waals surface area contributed by atoms with Gasteiger partial charge in [-0.05, 0) is 35.9 Å². The smallest absolute Gasteiger partial charge is 0.255 e. The lowest BCUT2D eigenvalue weighted by atomic mass is 10.1. The number of hydrogen-bond acceptors (Lipinski definition) is 5. The molecule has 1 N–H and O–H groups in total. The molecule has 1 fully saturated rings. The number of fused-ring (bicyclic) bond motifs is 1. The van der Waals surface area contributed by atoms with Crippen LogP contribution in [0.1, 0.15) is 15.9 Å². The average Bonchev–Trinajstić information content (AvgIpc) is 3.25. The lowest BCUT2D eigenvalue weighted by Crippen LogP contribution is -2.35. The van der Waals surface area contributed by atoms with Gasteiger partial charge in [0.2, 0.25) is 0 Å². The molecular weight excluding hydrogens is 390 g/mol. The van der Waals surface area contributed by atoms with Gasteiger partial charge in [-0.25, -0.2) is 0 Å². The number of amides is 1. The number of nitrogens with zero attached hydrogens (tertiary/aromatic N) is 2. The number of nitrogens with one attached hydrogen (secondary N) is 1. The monoisotopic (exact) mass is 413 g/mol. The number of carbonyl (C=O) groups is 1. The van der Waals surface area contributed by atoms with E-state index in [0.29, 0.717) is 11.3 Å². The Morgan fingerprint density at radius 1 is 0.968 bits per heavy atom. The van der Waals surface area contributed by atoms with Gasteiger partial charge in [-0.15, -0.1) is 0 Å². The maximum Gasteiger partial charge on any atom is 0.255 e. The van der Waals surface area contributed by atoms with Crippen molar-refractivity contribution in [1.82, 2.24) is 10.1 Å². The van der Waals surface area contributed by atoms with Gasteiger partial charge in [0.05, 0.1) is 18.6 Å². The first-order chi connectivity index (χ1) is 15.3. The molecule has 1 saturated heterocycles. The second-order valence-electron chi connectivity index (χ2n) is 7.65. The molecule has 1 aromatic heterocycles. The maximum absolute atomic E-state index is 12.8. The Bertz CT molecular complexity index is 1180. The lowest BCUT2D eigenvalue weighted by Gasteiger charge is -2.26. The van der Waals surface area contributed by atoms with E-state index in [1.165, 1.54) is 5.56 Å². The van der Waals surface area contributed by atoms with Crippen molar-refractivity contribution in [3.63, 3.8) is 0 Å². The van der Waals surface area contributed by atoms with Crippen LogP contribution in [0, 0.1) is 0 Å². The molecule has 0 radical (unpaired) electrons. The highest BCUT2D eigenvalue weighted by Gasteiger charge is 2.15. The number of hydrogen-bond donors (Lipinski definition) is 1. The predicted molar refractivity (Wildman–Crippen MR) is 120 cm³/mol. The molecule has 1 aliphatic heterocycles. The summed E-state index contributed by atoms with van der Waals surface area (Å²) in [6.07, 6.45) is 0. The SMILES string of the molecule is O=C(Nc1ccc(CN2CCOCC2)cc1)c1ccc2noc(-c3ccccc3)c2c1. The van der Waals surface area contributed by atoms with Crippen LogP contribution in [0.2, 0.25) is 0 Å². The molecule has 1 aliphatic rings. The van der Waals surface area contributed by atoms with Crippen LogP contribution in [0.15, 0.2) is 77.3 Å². The molecule has 0 spiro atoms. The number of morpholine rings is 1. The van der Waals surface area contributed by atoms with Crippen molar-refractivity contribution < 1.29 is 14.1 Å². The second kappa shape index (κ2) is 8.71. The third-order valence-electron chi connectivity index (χ3n) is 5.50. The Morgan fingerprint density at radius 3 is 2.52 bits per heavy atom. The van der Waals surface area contributed by atoms with Gasteiger partial charge in [0.25, 0.3) is 5.91 Å². The van der Waals surface area contributed by atoms with Crippen LogP contribution >= 0.6 is 0 Å². The number of benzene rings is 3. The fourth-order valence-corrected chi connectivity index (χ4v) is 3.79. The van der Waals surface area contributed by atoms with E-state index in [9.17, 15) is 4.79 Å². The molecule has 0 atom stereocenters. The van der Waals surface area contributed by atoms with Crippen LogP contribution in [0.4, 0.5) is 5.69 Å². The van der Waals surface area contributed by atoms with E-state index in [4.69, 9.17) is 9.26 Å². The first-order valence-corrected chi connectivity index (χ1v) is 10.4. The molecule has 4 aromatic rings. The quantitative estimate of drug-likeness (QED) is 0.519. The van der Waals surface area contributed by atoms with E-state index in [-0.39, 0.29) is 5.91 Å². The van der Waals surface area contributed by atoms with E-state index in [1.807, 2.05) is 54.6 Å². The predicted octanol–water partition coefficient (Wildman–Crippen LogP) is 4.58. The number of carbonyl (C=O) groups excluding carboxylic acids is 1. The van der Waals surface area contributed by atoms with Gasteiger partial charge in [-0.3, -0.25) is 9.69 Å². The van der Waals surface area contributed by atoms with Crippen molar-refractivity contribution >= 4 is 22.5 Å². The molecule has 1 amide bonds. The molecule has 2 heterocycles. The molecule has 6 heteroatoms. The molecule has 0 unspecified atom stereocenters. The molecule has 6 nitrogen and oxygen atoms in total. The highest BCUT2D eigenvalue weighted by atomic mass is 16.5. The molecular formula is C25H23N3O3. The molecule has 0 bridgehead atoms. The standard InChI is InChI=1S/C25H23N3O3/c29-25(26-21-9-6-18(7-10-21)17-28-12-14-30-15-13-28)20-8-11-23-22(16-20)24(31-27-23)19-4-2-1-3-5-19/h1-11,16H,12-15,17H2,(H,26,29). The van der Waals surface area contributed by atoms with Gasteiger partial charge in [0.1, 0.15) is 5.52 Å². The maximum atomic E-state index is 12.8. The van der Waals surface area contributed by atoms with Crippen LogP contribution in [-0.4, -0.2) is 42.3 Å². The fourth-order valence-electron chi connectivity index (χ4n) is 3.79. The zero-order valence-electron chi connectivity index (χ0n) is 17.1. The van der Waals surface area contributed by atoms with Crippen molar-refractivity contribution in [2.45, 2.75) is 6.54 Å². The number of ether oxygens (including phenoxy) is 1.